The van der Waals surface area contributed by atoms with Crippen LogP contribution in [-0.2, 0) is 44.8 Å². The van der Waals surface area contributed by atoms with Gasteiger partial charge in [-0.25, -0.2) is 4.79 Å². The molecular weight excluding hydrogens is 814 g/mol. The van der Waals surface area contributed by atoms with Crippen molar-refractivity contribution in [2.45, 2.75) is 115 Å². The summed E-state index contributed by atoms with van der Waals surface area (Å²) in [7, 11) is 0. The quantitative estimate of drug-likeness (QED) is 0.0214. The second-order valence-corrected chi connectivity index (χ2v) is 15.5. The number of aliphatic hydroxyl groups excluding tert-OH is 3. The number of nitrogens with two attached hydrogens (primary N) is 2. The van der Waals surface area contributed by atoms with E-state index in [1.54, 1.807) is 58.0 Å². The Bertz CT molecular complexity index is 1670. The van der Waals surface area contributed by atoms with Crippen molar-refractivity contribution in [3.8, 4) is 0 Å². The number of carbonyl (C=O) groups is 8. The molecule has 17 N–H and O–H groups in total. The van der Waals surface area contributed by atoms with Crippen molar-refractivity contribution in [2.24, 2.45) is 23.3 Å². The molecule has 0 radical (unpaired) electrons. The Labute approximate surface area is 360 Å². The van der Waals surface area contributed by atoms with Gasteiger partial charge < -0.3 is 74.4 Å². The van der Waals surface area contributed by atoms with Crippen LogP contribution >= 0.6 is 0 Å². The van der Waals surface area contributed by atoms with E-state index in [1.807, 2.05) is 0 Å². The van der Waals surface area contributed by atoms with Crippen molar-refractivity contribution in [1.29, 1.82) is 5.41 Å². The first-order valence-electron chi connectivity index (χ1n) is 20.2. The molecule has 0 aliphatic carbocycles. The second kappa shape index (κ2) is 27.8. The molecule has 0 unspecified atom stereocenters. The number of hydrogen-bond acceptors (Lipinski definition) is 13. The lowest BCUT2D eigenvalue weighted by atomic mass is 10.0. The number of guanidine groups is 1. The number of hydrogen-bond donors (Lipinski definition) is 15. The molecule has 8 atom stereocenters. The predicted octanol–water partition coefficient (Wildman–Crippen LogP) is -4.61. The molecule has 0 saturated heterocycles. The number of amides is 7. The van der Waals surface area contributed by atoms with E-state index < -0.39 is 115 Å². The highest BCUT2D eigenvalue weighted by molar-refractivity contribution is 5.97. The Morgan fingerprint density at radius 1 is 0.581 bits per heavy atom. The van der Waals surface area contributed by atoms with E-state index in [0.717, 1.165) is 0 Å². The Morgan fingerprint density at radius 3 is 1.52 bits per heavy atom. The molecule has 0 aromatic heterocycles. The fourth-order valence-corrected chi connectivity index (χ4v) is 5.77. The summed E-state index contributed by atoms with van der Waals surface area (Å²) in [4.78, 5) is 104. The van der Waals surface area contributed by atoms with Crippen LogP contribution < -0.4 is 54.0 Å². The van der Waals surface area contributed by atoms with Crippen LogP contribution in [0, 0.1) is 17.2 Å². The van der Waals surface area contributed by atoms with Crippen molar-refractivity contribution < 1.29 is 58.8 Å². The summed E-state index contributed by atoms with van der Waals surface area (Å²) in [6.45, 7) is 5.81. The number of aliphatic carboxylic acids is 1. The van der Waals surface area contributed by atoms with Gasteiger partial charge in [0, 0.05) is 13.0 Å². The van der Waals surface area contributed by atoms with Gasteiger partial charge in [-0.2, -0.15) is 0 Å². The zero-order chi connectivity index (χ0) is 47.1. The van der Waals surface area contributed by atoms with E-state index in [1.165, 1.54) is 6.92 Å². The highest BCUT2D eigenvalue weighted by Crippen LogP contribution is 2.09. The van der Waals surface area contributed by atoms with Gasteiger partial charge in [-0.1, -0.05) is 58.0 Å². The van der Waals surface area contributed by atoms with Crippen LogP contribution in [0.25, 0.3) is 0 Å². The third-order valence-electron chi connectivity index (χ3n) is 9.11. The van der Waals surface area contributed by atoms with E-state index in [9.17, 15) is 58.8 Å². The van der Waals surface area contributed by atoms with E-state index in [4.69, 9.17) is 16.9 Å². The molecule has 0 saturated carbocycles. The normalized spacial score (nSPS) is 15.0. The van der Waals surface area contributed by atoms with Crippen LogP contribution in [0.2, 0.25) is 0 Å². The third kappa shape index (κ3) is 20.1. The first-order valence-corrected chi connectivity index (χ1v) is 20.2. The summed E-state index contributed by atoms with van der Waals surface area (Å²) in [5.41, 5.74) is 11.5. The lowest BCUT2D eigenvalue weighted by Gasteiger charge is -2.27. The summed E-state index contributed by atoms with van der Waals surface area (Å²) in [6, 6.07) is -2.66. The third-order valence-corrected chi connectivity index (χ3v) is 9.11. The molecule has 23 nitrogen and oxygen atoms in total. The van der Waals surface area contributed by atoms with Gasteiger partial charge in [0.15, 0.2) is 5.96 Å². The second-order valence-electron chi connectivity index (χ2n) is 15.5. The Morgan fingerprint density at radius 2 is 1.02 bits per heavy atom. The molecule has 0 aliphatic rings. The van der Waals surface area contributed by atoms with Gasteiger partial charge >= 0.3 is 5.97 Å². The maximum atomic E-state index is 13.5. The number of aliphatic hydroxyl groups is 3. The molecule has 0 aliphatic heterocycles. The van der Waals surface area contributed by atoms with E-state index in [0.29, 0.717) is 5.56 Å². The standard InChI is InChI=1S/C39H65N11O12/c1-20(2)14-26(47-37(60)30(19-53)50-35(58)27(46-32(55)24(40)17-51)16-23-10-7-6-8-11-23)34(57)44-22(5)31(54)49-29(18-52)36(59)45-25(12-9-13-43-39(41)42)33(56)48-28(38(61)62)15-21(3)4/h6-8,10-11,20-22,24-30,51-53H,9,12-19,40H2,1-5H3,(H,44,57)(H,45,59)(H,46,55)(H,47,60)(H,48,56)(H,49,54)(H,50,58)(H,61,62)(H4,41,42,43)/t22-,24-,25-,26-,27-,28-,29-,30-/m0/s1. The lowest BCUT2D eigenvalue weighted by molar-refractivity contribution is -0.143. The van der Waals surface area contributed by atoms with Crippen molar-refractivity contribution in [1.82, 2.24) is 42.5 Å². The Balaban J connectivity index is 3.10. The van der Waals surface area contributed by atoms with Crippen LogP contribution in [-0.4, -0.2) is 148 Å². The van der Waals surface area contributed by atoms with Crippen molar-refractivity contribution in [3.63, 3.8) is 0 Å². The summed E-state index contributed by atoms with van der Waals surface area (Å²) in [5.74, 6) is -8.33. The zero-order valence-electron chi connectivity index (χ0n) is 35.7. The summed E-state index contributed by atoms with van der Waals surface area (Å²) in [5, 5.41) is 65.7. The zero-order valence-corrected chi connectivity index (χ0v) is 35.7. The minimum Gasteiger partial charge on any atom is -0.480 e. The number of nitrogens with one attached hydrogen (secondary N) is 9. The fraction of sp³-hybridized carbons (Fsp3) is 0.615. The predicted molar refractivity (Wildman–Crippen MR) is 224 cm³/mol. The summed E-state index contributed by atoms with van der Waals surface area (Å²) >= 11 is 0. The topological polar surface area (TPSA) is 390 Å². The Kier molecular flexibility index (Phi) is 24.3. The molecular formula is C39H65N11O12. The number of carboxylic acid groups (broad SMARTS) is 1. The first-order chi connectivity index (χ1) is 29.1. The van der Waals surface area contributed by atoms with Gasteiger partial charge in [-0.05, 0) is 50.0 Å². The largest absolute Gasteiger partial charge is 0.480 e. The van der Waals surface area contributed by atoms with Crippen LogP contribution in [0.1, 0.15) is 65.9 Å². The molecule has 0 heterocycles. The molecule has 1 aromatic rings. The fourth-order valence-electron chi connectivity index (χ4n) is 5.77. The molecule has 0 spiro atoms. The van der Waals surface area contributed by atoms with Gasteiger partial charge in [-0.3, -0.25) is 39.0 Å². The number of carbonyl (C=O) groups excluding carboxylic acids is 7. The molecule has 348 valence electrons. The van der Waals surface area contributed by atoms with Crippen molar-refractivity contribution in [3.05, 3.63) is 35.9 Å². The Hall–Kier alpha value is -5.91. The smallest absolute Gasteiger partial charge is 0.326 e. The van der Waals surface area contributed by atoms with Gasteiger partial charge in [0.2, 0.25) is 41.4 Å². The molecule has 62 heavy (non-hydrogen) atoms. The molecule has 7 amide bonds. The van der Waals surface area contributed by atoms with Crippen molar-refractivity contribution in [2.75, 3.05) is 26.4 Å². The minimum absolute atomic E-state index is 0.0245. The first kappa shape index (κ1) is 54.1. The van der Waals surface area contributed by atoms with Gasteiger partial charge in [0.05, 0.1) is 19.8 Å². The maximum absolute atomic E-state index is 13.5. The van der Waals surface area contributed by atoms with Gasteiger partial charge in [0.1, 0.15) is 48.3 Å². The van der Waals surface area contributed by atoms with Crippen LogP contribution in [0.5, 0.6) is 0 Å². The molecule has 23 heteroatoms. The van der Waals surface area contributed by atoms with E-state index in [-0.39, 0.29) is 56.4 Å². The van der Waals surface area contributed by atoms with Crippen molar-refractivity contribution >= 4 is 53.3 Å². The highest BCUT2D eigenvalue weighted by Gasteiger charge is 2.33. The van der Waals surface area contributed by atoms with Gasteiger partial charge in [0.25, 0.3) is 0 Å². The summed E-state index contributed by atoms with van der Waals surface area (Å²) in [6.07, 6.45) is 0.197. The molecule has 1 aromatic carbocycles. The number of carboxylic acids is 1. The average molecular weight is 880 g/mol. The maximum Gasteiger partial charge on any atom is 0.326 e. The van der Waals surface area contributed by atoms with Crippen LogP contribution in [0.4, 0.5) is 0 Å². The monoisotopic (exact) mass is 879 g/mol. The van der Waals surface area contributed by atoms with Crippen LogP contribution in [0.15, 0.2) is 30.3 Å². The van der Waals surface area contributed by atoms with E-state index in [2.05, 4.69) is 42.5 Å². The minimum atomic E-state index is -1.65. The van der Waals surface area contributed by atoms with Crippen LogP contribution in [0.3, 0.4) is 0 Å². The number of benzene rings is 1. The highest BCUT2D eigenvalue weighted by atomic mass is 16.4. The van der Waals surface area contributed by atoms with E-state index >= 15 is 0 Å². The molecule has 1 rings (SSSR count). The molecule has 0 fully saturated rings. The number of rotatable bonds is 28. The molecule has 0 bridgehead atoms. The average Bonchev–Trinajstić information content (AvgIpc) is 3.21. The van der Waals surface area contributed by atoms with Gasteiger partial charge in [-0.15, -0.1) is 0 Å². The SMILES string of the molecule is CC(C)C[C@H](NC(=O)[C@H](CCCNC(=N)N)NC(=O)[C@H](CO)NC(=O)[C@H](C)NC(=O)[C@H](CC(C)C)NC(=O)[C@H](CO)NC(=O)[C@H](Cc1ccccc1)NC(=O)[C@@H](N)CO)C(=O)O. The summed E-state index contributed by atoms with van der Waals surface area (Å²) < 4.78 is 0. The lowest BCUT2D eigenvalue weighted by Crippen LogP contribution is -2.61.